The molecule has 0 aromatic rings. The van der Waals surface area contributed by atoms with Crippen molar-refractivity contribution < 1.29 is 19.8 Å². The summed E-state index contributed by atoms with van der Waals surface area (Å²) in [6.07, 6.45) is 1.15. The van der Waals surface area contributed by atoms with Gasteiger partial charge in [0.15, 0.2) is 12.4 Å². The summed E-state index contributed by atoms with van der Waals surface area (Å²) in [4.78, 5) is 20.6. The first-order chi connectivity index (χ1) is 4.70. The molecule has 0 amide bonds. The summed E-state index contributed by atoms with van der Waals surface area (Å²) in [5.74, 6) is -0.304. The van der Waals surface area contributed by atoms with E-state index < -0.39 is 6.10 Å². The zero-order valence-electron chi connectivity index (χ0n) is 6.79. The van der Waals surface area contributed by atoms with E-state index in [1.54, 1.807) is 6.92 Å². The van der Waals surface area contributed by atoms with Gasteiger partial charge in [0.05, 0.1) is 0 Å². The van der Waals surface area contributed by atoms with E-state index in [1.807, 2.05) is 6.92 Å². The van der Waals surface area contributed by atoms with Gasteiger partial charge in [-0.05, 0) is 13.3 Å². The minimum absolute atomic E-state index is 0. The van der Waals surface area contributed by atoms with Gasteiger partial charge in [0, 0.05) is 6.42 Å². The molecule has 0 fully saturated rings. The van der Waals surface area contributed by atoms with Crippen LogP contribution in [0.15, 0.2) is 0 Å². The lowest BCUT2D eigenvalue weighted by Crippen LogP contribution is -2.15. The first kappa shape index (κ1) is 12.7. The van der Waals surface area contributed by atoms with Gasteiger partial charge >= 0.3 is 5.97 Å². The molecule has 1 unspecified atom stereocenters. The number of aldehydes is 1. The molecular formula is C7H14O4. The Labute approximate surface area is 65.8 Å². The number of rotatable bonds is 4. The molecule has 0 saturated heterocycles. The summed E-state index contributed by atoms with van der Waals surface area (Å²) >= 11 is 0. The highest BCUT2D eigenvalue weighted by Crippen LogP contribution is 1.94. The molecule has 0 spiro atoms. The maximum atomic E-state index is 10.6. The third-order valence-corrected chi connectivity index (χ3v) is 0.963. The average Bonchev–Trinajstić information content (AvgIpc) is 1.88. The summed E-state index contributed by atoms with van der Waals surface area (Å²) in [5.41, 5.74) is 0. The number of carbonyl (C=O) groups excluding carboxylic acids is 2. The summed E-state index contributed by atoms with van der Waals surface area (Å²) in [6.45, 7) is 3.42. The van der Waals surface area contributed by atoms with Crippen LogP contribution in [0.4, 0.5) is 0 Å². The van der Waals surface area contributed by atoms with Crippen LogP contribution in [0, 0.1) is 0 Å². The fourth-order valence-corrected chi connectivity index (χ4v) is 0.498. The lowest BCUT2D eigenvalue weighted by Gasteiger charge is -2.04. The Morgan fingerprint density at radius 1 is 1.64 bits per heavy atom. The molecule has 4 heteroatoms. The molecule has 0 heterocycles. The number of hydrogen-bond donors (Lipinski definition) is 0. The quantitative estimate of drug-likeness (QED) is 0.434. The van der Waals surface area contributed by atoms with Gasteiger partial charge < -0.3 is 10.2 Å². The van der Waals surface area contributed by atoms with Crippen LogP contribution in [0.3, 0.4) is 0 Å². The van der Waals surface area contributed by atoms with Crippen LogP contribution in [0.5, 0.6) is 0 Å². The van der Waals surface area contributed by atoms with Crippen LogP contribution in [-0.2, 0) is 14.3 Å². The van der Waals surface area contributed by atoms with Gasteiger partial charge in [0.1, 0.15) is 0 Å². The lowest BCUT2D eigenvalue weighted by atomic mass is 10.3. The molecule has 66 valence electrons. The molecule has 0 radical (unpaired) electrons. The molecular weight excluding hydrogens is 148 g/mol. The highest BCUT2D eigenvalue weighted by atomic mass is 16.5. The average molecular weight is 162 g/mol. The Balaban J connectivity index is 0. The maximum Gasteiger partial charge on any atom is 0.306 e. The van der Waals surface area contributed by atoms with Crippen molar-refractivity contribution in [3.8, 4) is 0 Å². The number of esters is 1. The van der Waals surface area contributed by atoms with Gasteiger partial charge in [-0.15, -0.1) is 0 Å². The lowest BCUT2D eigenvalue weighted by molar-refractivity contribution is -0.150. The molecule has 4 nitrogen and oxygen atoms in total. The van der Waals surface area contributed by atoms with E-state index in [9.17, 15) is 9.59 Å². The Bertz CT molecular complexity index is 122. The highest BCUT2D eigenvalue weighted by Gasteiger charge is 2.05. The van der Waals surface area contributed by atoms with Crippen molar-refractivity contribution in [3.63, 3.8) is 0 Å². The molecule has 11 heavy (non-hydrogen) atoms. The summed E-state index contributed by atoms with van der Waals surface area (Å²) in [5, 5.41) is 0. The molecule has 0 aliphatic rings. The second kappa shape index (κ2) is 7.21. The minimum Gasteiger partial charge on any atom is -0.455 e. The van der Waals surface area contributed by atoms with Crippen LogP contribution >= 0.6 is 0 Å². The monoisotopic (exact) mass is 162 g/mol. The SMILES string of the molecule is CCCC(=O)OC(C)C=O.O. The molecule has 0 aromatic carbocycles. The van der Waals surface area contributed by atoms with Crippen molar-refractivity contribution in [1.82, 2.24) is 0 Å². The van der Waals surface area contributed by atoms with Crippen molar-refractivity contribution in [1.29, 1.82) is 0 Å². The molecule has 0 saturated carbocycles. The zero-order valence-corrected chi connectivity index (χ0v) is 6.79. The fraction of sp³-hybridized carbons (Fsp3) is 0.714. The third kappa shape index (κ3) is 6.99. The van der Waals surface area contributed by atoms with E-state index >= 15 is 0 Å². The molecule has 0 aliphatic heterocycles. The summed E-state index contributed by atoms with van der Waals surface area (Å²) in [7, 11) is 0. The van der Waals surface area contributed by atoms with Crippen molar-refractivity contribution in [2.45, 2.75) is 32.8 Å². The Hall–Kier alpha value is -0.900. The highest BCUT2D eigenvalue weighted by molar-refractivity contribution is 5.72. The second-order valence-corrected chi connectivity index (χ2v) is 2.08. The first-order valence-electron chi connectivity index (χ1n) is 3.35. The number of carbonyl (C=O) groups is 2. The van der Waals surface area contributed by atoms with Crippen molar-refractivity contribution >= 4 is 12.3 Å². The van der Waals surface area contributed by atoms with Gasteiger partial charge in [0.25, 0.3) is 0 Å². The van der Waals surface area contributed by atoms with Gasteiger partial charge in [-0.1, -0.05) is 6.92 Å². The van der Waals surface area contributed by atoms with Crippen molar-refractivity contribution in [2.24, 2.45) is 0 Å². The smallest absolute Gasteiger partial charge is 0.306 e. The van der Waals surface area contributed by atoms with E-state index in [4.69, 9.17) is 0 Å². The normalized spacial score (nSPS) is 11.1. The molecule has 2 N–H and O–H groups in total. The largest absolute Gasteiger partial charge is 0.455 e. The van der Waals surface area contributed by atoms with Crippen LogP contribution in [-0.4, -0.2) is 23.8 Å². The molecule has 0 aromatic heterocycles. The zero-order chi connectivity index (χ0) is 7.98. The van der Waals surface area contributed by atoms with E-state index in [-0.39, 0.29) is 11.4 Å². The standard InChI is InChI=1S/C7H12O3.H2O/c1-3-4-7(9)10-6(2)5-8;/h5-6H,3-4H2,1-2H3;1H2. The third-order valence-electron chi connectivity index (χ3n) is 0.963. The predicted octanol–water partition coefficient (Wildman–Crippen LogP) is 0.0924. The Morgan fingerprint density at radius 2 is 2.18 bits per heavy atom. The molecule has 0 bridgehead atoms. The van der Waals surface area contributed by atoms with Gasteiger partial charge in [-0.2, -0.15) is 0 Å². The molecule has 0 rings (SSSR count). The molecule has 0 aliphatic carbocycles. The fourth-order valence-electron chi connectivity index (χ4n) is 0.498. The predicted molar refractivity (Wildman–Crippen MR) is 40.1 cm³/mol. The molecule has 1 atom stereocenters. The van der Waals surface area contributed by atoms with E-state index in [0.717, 1.165) is 6.42 Å². The van der Waals surface area contributed by atoms with E-state index in [1.165, 1.54) is 0 Å². The van der Waals surface area contributed by atoms with E-state index in [0.29, 0.717) is 12.7 Å². The Kier molecular flexibility index (Phi) is 8.36. The van der Waals surface area contributed by atoms with Crippen LogP contribution < -0.4 is 0 Å². The minimum atomic E-state index is -0.598. The van der Waals surface area contributed by atoms with Crippen LogP contribution in [0.1, 0.15) is 26.7 Å². The Morgan fingerprint density at radius 3 is 2.55 bits per heavy atom. The summed E-state index contributed by atoms with van der Waals surface area (Å²) in [6, 6.07) is 0. The second-order valence-electron chi connectivity index (χ2n) is 2.08. The van der Waals surface area contributed by atoms with Crippen molar-refractivity contribution in [3.05, 3.63) is 0 Å². The van der Waals surface area contributed by atoms with Gasteiger partial charge in [-0.25, -0.2) is 0 Å². The van der Waals surface area contributed by atoms with Crippen LogP contribution in [0.25, 0.3) is 0 Å². The van der Waals surface area contributed by atoms with Gasteiger partial charge in [-0.3, -0.25) is 9.59 Å². The van der Waals surface area contributed by atoms with Crippen molar-refractivity contribution in [2.75, 3.05) is 0 Å². The topological polar surface area (TPSA) is 74.9 Å². The summed E-state index contributed by atoms with van der Waals surface area (Å²) < 4.78 is 4.63. The van der Waals surface area contributed by atoms with Crippen LogP contribution in [0.2, 0.25) is 0 Å². The van der Waals surface area contributed by atoms with Gasteiger partial charge in [0.2, 0.25) is 0 Å². The van der Waals surface area contributed by atoms with E-state index in [2.05, 4.69) is 4.74 Å². The number of ether oxygens (including phenoxy) is 1. The number of hydrogen-bond acceptors (Lipinski definition) is 3. The maximum absolute atomic E-state index is 10.6. The first-order valence-corrected chi connectivity index (χ1v) is 3.35.